The second-order valence-electron chi connectivity index (χ2n) is 6.94. The molecule has 1 heterocycles. The molecule has 1 aliphatic heterocycles. The standard InChI is InChI=1S/C21H23N5O2/c1-15-19(17-11-7-4-8-12-17)26(21(28)25(15)2)20(27)18(23-24-22)14-13-16-9-5-3-6-10-16/h3-12,15,18-19H,13-14H2,1-2H3/t15-,18-,19-/m0/s1. The first-order valence-corrected chi connectivity index (χ1v) is 9.27. The van der Waals surface area contributed by atoms with E-state index in [0.29, 0.717) is 12.8 Å². The van der Waals surface area contributed by atoms with Crippen molar-refractivity contribution in [2.45, 2.75) is 37.9 Å². The number of rotatable bonds is 6. The molecule has 1 saturated heterocycles. The Bertz CT molecular complexity index is 880. The average Bonchev–Trinajstić information content (AvgIpc) is 2.96. The number of benzene rings is 2. The van der Waals surface area contributed by atoms with E-state index >= 15 is 0 Å². The lowest BCUT2D eigenvalue weighted by Gasteiger charge is -2.26. The molecule has 0 aliphatic carbocycles. The maximum atomic E-state index is 13.3. The molecule has 0 N–H and O–H groups in total. The molecule has 1 aliphatic rings. The van der Waals surface area contributed by atoms with Gasteiger partial charge in [-0.05, 0) is 36.4 Å². The van der Waals surface area contributed by atoms with Crippen molar-refractivity contribution >= 4 is 11.9 Å². The third-order valence-electron chi connectivity index (χ3n) is 5.26. The molecule has 144 valence electrons. The third kappa shape index (κ3) is 3.85. The van der Waals surface area contributed by atoms with Crippen molar-refractivity contribution in [2.75, 3.05) is 7.05 Å². The van der Waals surface area contributed by atoms with Crippen molar-refractivity contribution < 1.29 is 9.59 Å². The Morgan fingerprint density at radius 1 is 1.14 bits per heavy atom. The molecule has 0 radical (unpaired) electrons. The van der Waals surface area contributed by atoms with Crippen LogP contribution in [0.15, 0.2) is 65.8 Å². The number of hydrogen-bond acceptors (Lipinski definition) is 3. The number of likely N-dealkylation sites (N-methyl/N-ethyl adjacent to an activating group) is 1. The van der Waals surface area contributed by atoms with Crippen molar-refractivity contribution in [2.24, 2.45) is 5.11 Å². The molecule has 0 bridgehead atoms. The monoisotopic (exact) mass is 377 g/mol. The SMILES string of the molecule is C[C@H]1[C@@H](c2ccccc2)N(C(=O)[C@H](CCc2ccccc2)N=[N+]=[N-])C(=O)N1C. The molecule has 2 aromatic rings. The summed E-state index contributed by atoms with van der Waals surface area (Å²) >= 11 is 0. The second kappa shape index (κ2) is 8.59. The van der Waals surface area contributed by atoms with Gasteiger partial charge in [0.05, 0.1) is 12.1 Å². The van der Waals surface area contributed by atoms with Crippen LogP contribution in [-0.2, 0) is 11.2 Å². The van der Waals surface area contributed by atoms with Crippen LogP contribution in [0.3, 0.4) is 0 Å². The lowest BCUT2D eigenvalue weighted by Crippen LogP contribution is -2.42. The third-order valence-corrected chi connectivity index (χ3v) is 5.26. The number of imide groups is 1. The maximum Gasteiger partial charge on any atom is 0.327 e. The Morgan fingerprint density at radius 2 is 1.75 bits per heavy atom. The Kier molecular flexibility index (Phi) is 5.96. The summed E-state index contributed by atoms with van der Waals surface area (Å²) in [5.74, 6) is -0.455. The van der Waals surface area contributed by atoms with E-state index in [1.165, 1.54) is 4.90 Å². The van der Waals surface area contributed by atoms with Gasteiger partial charge in [-0.15, -0.1) is 0 Å². The van der Waals surface area contributed by atoms with Gasteiger partial charge in [0.2, 0.25) is 5.91 Å². The number of carbonyl (C=O) groups is 2. The smallest absolute Gasteiger partial charge is 0.322 e. The van der Waals surface area contributed by atoms with Gasteiger partial charge >= 0.3 is 6.03 Å². The molecule has 7 heteroatoms. The van der Waals surface area contributed by atoms with Gasteiger partial charge in [-0.25, -0.2) is 4.79 Å². The number of urea groups is 1. The largest absolute Gasteiger partial charge is 0.327 e. The number of amides is 3. The van der Waals surface area contributed by atoms with Gasteiger partial charge in [-0.3, -0.25) is 9.69 Å². The summed E-state index contributed by atoms with van der Waals surface area (Å²) in [6.45, 7) is 1.91. The van der Waals surface area contributed by atoms with Gasteiger partial charge in [0, 0.05) is 12.0 Å². The normalized spacial score (nSPS) is 20.0. The second-order valence-corrected chi connectivity index (χ2v) is 6.94. The molecule has 2 aromatic carbocycles. The van der Waals surface area contributed by atoms with Gasteiger partial charge in [0.25, 0.3) is 0 Å². The summed E-state index contributed by atoms with van der Waals surface area (Å²) in [4.78, 5) is 31.7. The Balaban J connectivity index is 1.87. The molecule has 3 atom stereocenters. The van der Waals surface area contributed by atoms with Crippen molar-refractivity contribution in [1.29, 1.82) is 0 Å². The zero-order valence-corrected chi connectivity index (χ0v) is 16.0. The van der Waals surface area contributed by atoms with E-state index in [0.717, 1.165) is 11.1 Å². The fourth-order valence-corrected chi connectivity index (χ4v) is 3.60. The van der Waals surface area contributed by atoms with Crippen molar-refractivity contribution in [3.8, 4) is 0 Å². The minimum absolute atomic E-state index is 0.181. The van der Waals surface area contributed by atoms with E-state index in [1.807, 2.05) is 67.6 Å². The van der Waals surface area contributed by atoms with Crippen LogP contribution in [0.25, 0.3) is 10.4 Å². The van der Waals surface area contributed by atoms with Gasteiger partial charge in [-0.1, -0.05) is 65.8 Å². The van der Waals surface area contributed by atoms with Crippen LogP contribution in [0.5, 0.6) is 0 Å². The van der Waals surface area contributed by atoms with Crippen LogP contribution in [-0.4, -0.2) is 40.9 Å². The van der Waals surface area contributed by atoms with Crippen LogP contribution >= 0.6 is 0 Å². The molecule has 28 heavy (non-hydrogen) atoms. The van der Waals surface area contributed by atoms with E-state index in [2.05, 4.69) is 10.0 Å². The lowest BCUT2D eigenvalue weighted by molar-refractivity contribution is -0.130. The number of carbonyl (C=O) groups excluding carboxylic acids is 2. The molecular weight excluding hydrogens is 354 g/mol. The Labute approximate surface area is 164 Å². The summed E-state index contributed by atoms with van der Waals surface area (Å²) in [5, 5.41) is 3.71. The number of azide groups is 1. The summed E-state index contributed by atoms with van der Waals surface area (Å²) in [6, 6.07) is 17.2. The zero-order chi connectivity index (χ0) is 20.1. The van der Waals surface area contributed by atoms with Gasteiger partial charge in [-0.2, -0.15) is 0 Å². The van der Waals surface area contributed by atoms with Crippen LogP contribution < -0.4 is 0 Å². The van der Waals surface area contributed by atoms with Gasteiger partial charge < -0.3 is 4.90 Å². The minimum Gasteiger partial charge on any atom is -0.322 e. The fraction of sp³-hybridized carbons (Fsp3) is 0.333. The van der Waals surface area contributed by atoms with E-state index in [1.54, 1.807) is 11.9 Å². The first-order valence-electron chi connectivity index (χ1n) is 9.27. The van der Waals surface area contributed by atoms with Gasteiger partial charge in [0.15, 0.2) is 0 Å². The quantitative estimate of drug-likeness (QED) is 0.426. The van der Waals surface area contributed by atoms with E-state index in [-0.39, 0.29) is 12.1 Å². The Hall–Kier alpha value is -3.31. The van der Waals surface area contributed by atoms with E-state index in [4.69, 9.17) is 5.53 Å². The van der Waals surface area contributed by atoms with Crippen LogP contribution in [0.4, 0.5) is 4.79 Å². The first-order chi connectivity index (χ1) is 13.5. The highest BCUT2D eigenvalue weighted by Crippen LogP contribution is 2.35. The van der Waals surface area contributed by atoms with Crippen molar-refractivity contribution in [3.63, 3.8) is 0 Å². The predicted molar refractivity (Wildman–Crippen MR) is 106 cm³/mol. The first kappa shape index (κ1) is 19.5. The highest BCUT2D eigenvalue weighted by molar-refractivity contribution is 5.99. The topological polar surface area (TPSA) is 89.4 Å². The molecule has 0 spiro atoms. The summed E-state index contributed by atoms with van der Waals surface area (Å²) in [5.41, 5.74) is 10.9. The molecule has 1 fully saturated rings. The number of aryl methyl sites for hydroxylation is 1. The Morgan fingerprint density at radius 3 is 2.36 bits per heavy atom. The molecular formula is C21H23N5O2. The highest BCUT2D eigenvalue weighted by Gasteiger charge is 2.46. The maximum absolute atomic E-state index is 13.3. The summed E-state index contributed by atoms with van der Waals surface area (Å²) in [6.07, 6.45) is 0.927. The van der Waals surface area contributed by atoms with Crippen LogP contribution in [0.2, 0.25) is 0 Å². The van der Waals surface area contributed by atoms with Crippen LogP contribution in [0.1, 0.15) is 30.5 Å². The molecule has 0 saturated carbocycles. The van der Waals surface area contributed by atoms with E-state index < -0.39 is 18.0 Å². The van der Waals surface area contributed by atoms with Gasteiger partial charge in [0.1, 0.15) is 6.04 Å². The molecule has 3 amide bonds. The number of nitrogens with zero attached hydrogens (tertiary/aromatic N) is 5. The summed E-state index contributed by atoms with van der Waals surface area (Å²) < 4.78 is 0. The van der Waals surface area contributed by atoms with Crippen molar-refractivity contribution in [1.82, 2.24) is 9.80 Å². The van der Waals surface area contributed by atoms with Crippen molar-refractivity contribution in [3.05, 3.63) is 82.2 Å². The molecule has 7 nitrogen and oxygen atoms in total. The summed E-state index contributed by atoms with van der Waals surface area (Å²) in [7, 11) is 1.68. The predicted octanol–water partition coefficient (Wildman–Crippen LogP) is 4.32. The lowest BCUT2D eigenvalue weighted by atomic mass is 9.99. The molecule has 3 rings (SSSR count). The highest BCUT2D eigenvalue weighted by atomic mass is 16.2. The molecule has 0 aromatic heterocycles. The van der Waals surface area contributed by atoms with Crippen LogP contribution in [0, 0.1) is 0 Å². The number of hydrogen-bond donors (Lipinski definition) is 0. The van der Waals surface area contributed by atoms with E-state index in [9.17, 15) is 9.59 Å². The fourth-order valence-electron chi connectivity index (χ4n) is 3.60. The average molecular weight is 377 g/mol. The molecule has 0 unspecified atom stereocenters. The zero-order valence-electron chi connectivity index (χ0n) is 16.0. The minimum atomic E-state index is -0.931.